The smallest absolute Gasteiger partial charge is 0.392 e. The zero-order valence-corrected chi connectivity index (χ0v) is 7.29. The van der Waals surface area contributed by atoms with Gasteiger partial charge in [0.25, 0.3) is 0 Å². The van der Waals surface area contributed by atoms with Crippen LogP contribution in [0.15, 0.2) is 10.9 Å². The minimum Gasteiger partial charge on any atom is -0.392 e. The van der Waals surface area contributed by atoms with Crippen molar-refractivity contribution in [1.82, 2.24) is 4.98 Å². The summed E-state index contributed by atoms with van der Waals surface area (Å²) in [7, 11) is 0. The summed E-state index contributed by atoms with van der Waals surface area (Å²) in [6, 6.07) is 1.87. The van der Waals surface area contributed by atoms with E-state index in [1.54, 1.807) is 0 Å². The van der Waals surface area contributed by atoms with Crippen LogP contribution in [0.3, 0.4) is 0 Å². The van der Waals surface area contributed by atoms with Crippen molar-refractivity contribution < 1.29 is 9.67 Å². The van der Waals surface area contributed by atoms with Crippen LogP contribution in [-0.2, 0) is 6.54 Å². The average Bonchev–Trinajstić information content (AvgIpc) is 1.96. The van der Waals surface area contributed by atoms with Gasteiger partial charge in [-0.15, -0.1) is 0 Å². The second kappa shape index (κ2) is 3.49. The maximum absolute atomic E-state index is 11.2. The summed E-state index contributed by atoms with van der Waals surface area (Å²) < 4.78 is 1.51. The Hall–Kier alpha value is -1.16. The first kappa shape index (κ1) is 8.93. The Morgan fingerprint density at radius 2 is 2.25 bits per heavy atom. The number of aryl methyl sites for hydroxylation is 2. The van der Waals surface area contributed by atoms with E-state index in [1.807, 2.05) is 19.9 Å². The van der Waals surface area contributed by atoms with Crippen LogP contribution in [0, 0.1) is 13.8 Å². The number of H-pyrrole nitrogens is 1. The predicted molar refractivity (Wildman–Crippen MR) is 43.8 cm³/mol. The molecule has 0 atom stereocenters. The molecule has 0 aromatic carbocycles. The van der Waals surface area contributed by atoms with Crippen molar-refractivity contribution in [3.63, 3.8) is 0 Å². The molecule has 0 fully saturated rings. The fourth-order valence-electron chi connectivity index (χ4n) is 1.20. The number of nitrogens with zero attached hydrogens (tertiary/aromatic N) is 1. The highest BCUT2D eigenvalue weighted by Gasteiger charge is 2.08. The van der Waals surface area contributed by atoms with Gasteiger partial charge in [0.1, 0.15) is 17.9 Å². The van der Waals surface area contributed by atoms with Crippen molar-refractivity contribution in [2.45, 2.75) is 20.4 Å². The zero-order valence-electron chi connectivity index (χ0n) is 7.29. The molecule has 0 aliphatic rings. The van der Waals surface area contributed by atoms with Gasteiger partial charge in [-0.05, 0) is 13.8 Å². The first-order chi connectivity index (χ1) is 5.65. The largest absolute Gasteiger partial charge is 0.496 e. The lowest BCUT2D eigenvalue weighted by Crippen LogP contribution is -2.54. The number of aromatic amines is 1. The number of nitrogens with one attached hydrogen (secondary N) is 1. The lowest BCUT2D eigenvalue weighted by atomic mass is 10.3. The van der Waals surface area contributed by atoms with Gasteiger partial charge >= 0.3 is 5.69 Å². The molecule has 0 spiro atoms. The van der Waals surface area contributed by atoms with E-state index in [0.29, 0.717) is 6.54 Å². The third kappa shape index (κ3) is 1.71. The van der Waals surface area contributed by atoms with Crippen LogP contribution in [0.5, 0.6) is 0 Å². The Kier molecular flexibility index (Phi) is 2.60. The van der Waals surface area contributed by atoms with E-state index in [4.69, 9.17) is 5.11 Å². The molecule has 0 amide bonds. The van der Waals surface area contributed by atoms with Crippen molar-refractivity contribution in [2.75, 3.05) is 6.61 Å². The molecule has 1 aromatic heterocycles. The molecule has 0 unspecified atom stereocenters. The van der Waals surface area contributed by atoms with Gasteiger partial charge in [-0.3, -0.25) is 0 Å². The summed E-state index contributed by atoms with van der Waals surface area (Å²) in [5.74, 6) is 0. The highest BCUT2D eigenvalue weighted by atomic mass is 16.3. The third-order valence-electron chi connectivity index (χ3n) is 1.72. The molecule has 1 heterocycles. The maximum atomic E-state index is 11.2. The number of hydrogen-bond donors (Lipinski definition) is 2. The Morgan fingerprint density at radius 3 is 2.75 bits per heavy atom. The van der Waals surface area contributed by atoms with E-state index in [2.05, 4.69) is 4.98 Å². The van der Waals surface area contributed by atoms with Gasteiger partial charge in [-0.1, -0.05) is 0 Å². The van der Waals surface area contributed by atoms with Gasteiger partial charge < -0.3 is 5.11 Å². The molecule has 12 heavy (non-hydrogen) atoms. The summed E-state index contributed by atoms with van der Waals surface area (Å²) >= 11 is 0. The molecule has 66 valence electrons. The number of aliphatic hydroxyl groups excluding tert-OH is 1. The lowest BCUT2D eigenvalue weighted by molar-refractivity contribution is -0.720. The summed E-state index contributed by atoms with van der Waals surface area (Å²) in [4.78, 5) is 13.9. The molecule has 0 saturated heterocycles. The van der Waals surface area contributed by atoms with Gasteiger partial charge in [0.05, 0.1) is 6.61 Å². The Morgan fingerprint density at radius 1 is 1.58 bits per heavy atom. The van der Waals surface area contributed by atoms with Crippen LogP contribution < -0.4 is 10.3 Å². The zero-order chi connectivity index (χ0) is 9.14. The minimum absolute atomic E-state index is 0.0162. The first-order valence-electron chi connectivity index (χ1n) is 3.86. The van der Waals surface area contributed by atoms with Crippen LogP contribution in [0.1, 0.15) is 11.4 Å². The Labute approximate surface area is 70.5 Å². The number of rotatable bonds is 2. The third-order valence-corrected chi connectivity index (χ3v) is 1.72. The normalized spacial score (nSPS) is 10.2. The molecular formula is C8H13N2O2+. The van der Waals surface area contributed by atoms with Crippen molar-refractivity contribution >= 4 is 0 Å². The van der Waals surface area contributed by atoms with Gasteiger partial charge in [-0.25, -0.2) is 4.98 Å². The fraction of sp³-hybridized carbons (Fsp3) is 0.500. The van der Waals surface area contributed by atoms with Crippen molar-refractivity contribution in [3.05, 3.63) is 27.9 Å². The molecule has 0 aliphatic carbocycles. The summed E-state index contributed by atoms with van der Waals surface area (Å²) in [6.45, 7) is 4.01. The highest BCUT2D eigenvalue weighted by molar-refractivity contribution is 4.99. The van der Waals surface area contributed by atoms with E-state index in [1.165, 1.54) is 4.57 Å². The van der Waals surface area contributed by atoms with Crippen LogP contribution in [0.25, 0.3) is 0 Å². The summed E-state index contributed by atoms with van der Waals surface area (Å²) in [5.41, 5.74) is 1.54. The minimum atomic E-state index is -0.165. The Balaban J connectivity index is 3.19. The molecule has 1 rings (SSSR count). The van der Waals surface area contributed by atoms with Gasteiger partial charge in [0.15, 0.2) is 0 Å². The van der Waals surface area contributed by atoms with Crippen molar-refractivity contribution in [1.29, 1.82) is 0 Å². The standard InChI is InChI=1S/C8H12N2O2/c1-6-5-7(2)10(3-4-11)8(12)9-6/h5,11H,3-4H2,1-2H3/p+1. The van der Waals surface area contributed by atoms with Crippen LogP contribution in [0.4, 0.5) is 0 Å². The molecule has 2 N–H and O–H groups in total. The number of aliphatic hydroxyl groups is 1. The predicted octanol–water partition coefficient (Wildman–Crippen LogP) is -0.728. The van der Waals surface area contributed by atoms with Crippen LogP contribution in [-0.4, -0.2) is 16.7 Å². The molecule has 0 aliphatic heterocycles. The summed E-state index contributed by atoms with van der Waals surface area (Å²) in [5, 5.41) is 8.66. The van der Waals surface area contributed by atoms with E-state index in [-0.39, 0.29) is 12.3 Å². The second-order valence-corrected chi connectivity index (χ2v) is 2.77. The molecule has 0 bridgehead atoms. The first-order valence-corrected chi connectivity index (χ1v) is 3.86. The number of aromatic nitrogens is 2. The molecular weight excluding hydrogens is 156 g/mol. The molecule has 0 radical (unpaired) electrons. The number of hydrogen-bond acceptors (Lipinski definition) is 2. The van der Waals surface area contributed by atoms with Crippen molar-refractivity contribution in [3.8, 4) is 0 Å². The molecule has 4 heteroatoms. The maximum Gasteiger partial charge on any atom is 0.496 e. The van der Waals surface area contributed by atoms with E-state index >= 15 is 0 Å². The fourth-order valence-corrected chi connectivity index (χ4v) is 1.20. The highest BCUT2D eigenvalue weighted by Crippen LogP contribution is 1.88. The van der Waals surface area contributed by atoms with Crippen LogP contribution >= 0.6 is 0 Å². The summed E-state index contributed by atoms with van der Waals surface area (Å²) in [6.07, 6.45) is 0. The monoisotopic (exact) mass is 169 g/mol. The van der Waals surface area contributed by atoms with Gasteiger partial charge in [0.2, 0.25) is 0 Å². The SMILES string of the molecule is Cc1cc(C)[n+](CCO)c(=O)[nH]1. The van der Waals surface area contributed by atoms with E-state index in [9.17, 15) is 4.79 Å². The average molecular weight is 169 g/mol. The lowest BCUT2D eigenvalue weighted by Gasteiger charge is -1.99. The van der Waals surface area contributed by atoms with E-state index < -0.39 is 0 Å². The molecule has 4 nitrogen and oxygen atoms in total. The van der Waals surface area contributed by atoms with Crippen LogP contribution in [0.2, 0.25) is 0 Å². The molecule has 1 aromatic rings. The Bertz CT molecular complexity index is 330. The molecule has 0 saturated carbocycles. The topological polar surface area (TPSA) is 57.0 Å². The van der Waals surface area contributed by atoms with E-state index in [0.717, 1.165) is 11.4 Å². The van der Waals surface area contributed by atoms with Gasteiger partial charge in [-0.2, -0.15) is 9.36 Å². The van der Waals surface area contributed by atoms with Crippen molar-refractivity contribution in [2.24, 2.45) is 0 Å². The second-order valence-electron chi connectivity index (χ2n) is 2.77. The quantitative estimate of drug-likeness (QED) is 0.573. The van der Waals surface area contributed by atoms with Gasteiger partial charge in [0, 0.05) is 6.07 Å².